The minimum absolute atomic E-state index is 0. The van der Waals surface area contributed by atoms with E-state index in [9.17, 15) is 0 Å². The van der Waals surface area contributed by atoms with Crippen LogP contribution >= 0.6 is 24.8 Å². The average Bonchev–Trinajstić information content (AvgIpc) is 2.41. The second-order valence-corrected chi connectivity index (χ2v) is 2.79. The zero-order chi connectivity index (χ0) is 7.23. The minimum Gasteiger partial charge on any atom is -0.273 e. The molecule has 0 fully saturated rings. The van der Waals surface area contributed by atoms with Crippen molar-refractivity contribution < 1.29 is 26.2 Å². The maximum absolute atomic E-state index is 3.18. The van der Waals surface area contributed by atoms with Crippen LogP contribution in [-0.4, -0.2) is 0 Å². The molecule has 0 nitrogen and oxygen atoms in total. The molecule has 0 aromatic carbocycles. The van der Waals surface area contributed by atoms with Gasteiger partial charge < -0.3 is 0 Å². The molecule has 1 rings (SSSR count). The molecule has 0 aliphatic heterocycles. The standard InChI is InChI=1S/C10H15.2ClH.Zr/c1-2-3-4-7-10-8-5-6-9-10;;;/h8-9H,2-5,7H2,1H3;2*1H;/q-1;;;. The Morgan fingerprint density at radius 1 is 1.31 bits per heavy atom. The van der Waals surface area contributed by atoms with Crippen LogP contribution in [0.1, 0.15) is 39.0 Å². The average molecular weight is 299 g/mol. The van der Waals surface area contributed by atoms with Gasteiger partial charge >= 0.3 is 0 Å². The molecule has 1 aliphatic rings. The van der Waals surface area contributed by atoms with E-state index in [0.717, 1.165) is 6.42 Å². The van der Waals surface area contributed by atoms with Crippen LogP contribution in [0.15, 0.2) is 17.7 Å². The summed E-state index contributed by atoms with van der Waals surface area (Å²) in [5, 5.41) is 0. The molecular weight excluding hydrogens is 282 g/mol. The Labute approximate surface area is 113 Å². The van der Waals surface area contributed by atoms with E-state index in [-0.39, 0.29) is 51.0 Å². The van der Waals surface area contributed by atoms with Gasteiger partial charge in [-0.3, -0.25) is 6.08 Å². The number of halogens is 2. The quantitative estimate of drug-likeness (QED) is 0.541. The third kappa shape index (κ3) is 9.25. The molecular formula is C10H17Cl2Zr-. The topological polar surface area (TPSA) is 0 Å². The first-order chi connectivity index (χ1) is 4.93. The molecule has 76 valence electrons. The van der Waals surface area contributed by atoms with Crippen LogP contribution in [0.5, 0.6) is 0 Å². The van der Waals surface area contributed by atoms with Gasteiger partial charge in [0.2, 0.25) is 0 Å². The van der Waals surface area contributed by atoms with E-state index in [2.05, 4.69) is 25.2 Å². The van der Waals surface area contributed by atoms with Gasteiger partial charge in [0.25, 0.3) is 0 Å². The van der Waals surface area contributed by atoms with E-state index in [1.165, 1.54) is 31.3 Å². The number of hydrogen-bond donors (Lipinski definition) is 0. The Morgan fingerprint density at radius 3 is 2.46 bits per heavy atom. The van der Waals surface area contributed by atoms with Gasteiger partial charge in [-0.25, -0.2) is 11.6 Å². The van der Waals surface area contributed by atoms with Crippen molar-refractivity contribution in [3.8, 4) is 0 Å². The first-order valence-electron chi connectivity index (χ1n) is 4.19. The predicted octanol–water partition coefficient (Wildman–Crippen LogP) is 4.10. The van der Waals surface area contributed by atoms with E-state index >= 15 is 0 Å². The zero-order valence-electron chi connectivity index (χ0n) is 8.01. The monoisotopic (exact) mass is 297 g/mol. The van der Waals surface area contributed by atoms with Gasteiger partial charge in [0.05, 0.1) is 0 Å². The SMILES string of the molecule is CCCCCC1=CC[C-]=C1.Cl.Cl.[Zr]. The number of hydrogen-bond acceptors (Lipinski definition) is 0. The Balaban J connectivity index is -0.000000333. The van der Waals surface area contributed by atoms with Crippen molar-refractivity contribution in [1.82, 2.24) is 0 Å². The van der Waals surface area contributed by atoms with Gasteiger partial charge in [-0.1, -0.05) is 32.6 Å². The summed E-state index contributed by atoms with van der Waals surface area (Å²) in [6, 6.07) is 0. The van der Waals surface area contributed by atoms with Gasteiger partial charge in [-0.2, -0.15) is 6.08 Å². The van der Waals surface area contributed by atoms with Gasteiger partial charge in [0, 0.05) is 26.2 Å². The maximum atomic E-state index is 3.18. The summed E-state index contributed by atoms with van der Waals surface area (Å²) in [7, 11) is 0. The fourth-order valence-corrected chi connectivity index (χ4v) is 1.19. The van der Waals surface area contributed by atoms with Gasteiger partial charge in [0.15, 0.2) is 0 Å². The fourth-order valence-electron chi connectivity index (χ4n) is 1.19. The maximum Gasteiger partial charge on any atom is 0 e. The van der Waals surface area contributed by atoms with E-state index in [0.29, 0.717) is 0 Å². The van der Waals surface area contributed by atoms with Crippen molar-refractivity contribution >= 4 is 24.8 Å². The summed E-state index contributed by atoms with van der Waals surface area (Å²) in [4.78, 5) is 0. The number of unbranched alkanes of at least 4 members (excludes halogenated alkanes) is 2. The van der Waals surface area contributed by atoms with Crippen molar-refractivity contribution in [2.24, 2.45) is 0 Å². The molecule has 0 unspecified atom stereocenters. The molecule has 0 atom stereocenters. The smallest absolute Gasteiger partial charge is 0 e. The van der Waals surface area contributed by atoms with E-state index in [1.807, 2.05) is 0 Å². The third-order valence-corrected chi connectivity index (χ3v) is 1.84. The van der Waals surface area contributed by atoms with Crippen LogP contribution in [0.25, 0.3) is 0 Å². The van der Waals surface area contributed by atoms with Crippen LogP contribution in [0, 0.1) is 6.08 Å². The number of rotatable bonds is 4. The fraction of sp³-hybridized carbons (Fsp3) is 0.600. The molecule has 0 saturated heterocycles. The Morgan fingerprint density at radius 2 is 2.00 bits per heavy atom. The van der Waals surface area contributed by atoms with Crippen molar-refractivity contribution in [1.29, 1.82) is 0 Å². The molecule has 0 spiro atoms. The minimum atomic E-state index is 0. The molecule has 1 aliphatic carbocycles. The second-order valence-electron chi connectivity index (χ2n) is 2.79. The Hall–Kier alpha value is 0.943. The van der Waals surface area contributed by atoms with Gasteiger partial charge in [0.1, 0.15) is 0 Å². The molecule has 0 heterocycles. The second kappa shape index (κ2) is 12.9. The largest absolute Gasteiger partial charge is 0.273 e. The van der Waals surface area contributed by atoms with Crippen molar-refractivity contribution in [2.75, 3.05) is 0 Å². The normalized spacial score (nSPS) is 12.2. The summed E-state index contributed by atoms with van der Waals surface area (Å²) in [6.45, 7) is 2.24. The molecule has 0 bridgehead atoms. The Bertz CT molecular complexity index is 153. The molecule has 0 amide bonds. The van der Waals surface area contributed by atoms with Crippen molar-refractivity contribution in [3.63, 3.8) is 0 Å². The summed E-state index contributed by atoms with van der Waals surface area (Å²) >= 11 is 0. The molecule has 13 heavy (non-hydrogen) atoms. The summed E-state index contributed by atoms with van der Waals surface area (Å²) in [5.41, 5.74) is 1.49. The molecule has 0 radical (unpaired) electrons. The molecule has 0 N–H and O–H groups in total. The van der Waals surface area contributed by atoms with E-state index in [1.54, 1.807) is 0 Å². The van der Waals surface area contributed by atoms with Crippen LogP contribution in [0.4, 0.5) is 0 Å². The predicted molar refractivity (Wildman–Crippen MR) is 59.2 cm³/mol. The van der Waals surface area contributed by atoms with Crippen molar-refractivity contribution in [2.45, 2.75) is 39.0 Å². The van der Waals surface area contributed by atoms with Crippen molar-refractivity contribution in [3.05, 3.63) is 23.8 Å². The molecule has 0 aromatic rings. The van der Waals surface area contributed by atoms with Gasteiger partial charge in [-0.05, 0) is 0 Å². The van der Waals surface area contributed by atoms with Gasteiger partial charge in [-0.15, -0.1) is 31.2 Å². The summed E-state index contributed by atoms with van der Waals surface area (Å²) < 4.78 is 0. The number of allylic oxidation sites excluding steroid dienone is 4. The zero-order valence-corrected chi connectivity index (χ0v) is 12.1. The Kier molecular flexibility index (Phi) is 19.4. The van der Waals surface area contributed by atoms with Crippen LogP contribution in [-0.2, 0) is 26.2 Å². The van der Waals surface area contributed by atoms with Crippen LogP contribution < -0.4 is 0 Å². The van der Waals surface area contributed by atoms with E-state index < -0.39 is 0 Å². The summed E-state index contributed by atoms with van der Waals surface area (Å²) in [5.74, 6) is 0. The first-order valence-corrected chi connectivity index (χ1v) is 4.19. The molecule has 0 saturated carbocycles. The van der Waals surface area contributed by atoms with E-state index in [4.69, 9.17) is 0 Å². The first kappa shape index (κ1) is 19.5. The third-order valence-electron chi connectivity index (χ3n) is 1.84. The van der Waals surface area contributed by atoms with Crippen LogP contribution in [0.2, 0.25) is 0 Å². The summed E-state index contributed by atoms with van der Waals surface area (Å²) in [6.07, 6.45) is 13.9. The molecule has 0 aromatic heterocycles. The van der Waals surface area contributed by atoms with Crippen LogP contribution in [0.3, 0.4) is 0 Å². The molecule has 3 heteroatoms.